The molecule has 0 spiro atoms. The summed E-state index contributed by atoms with van der Waals surface area (Å²) in [7, 11) is 0.915. The first-order valence-corrected chi connectivity index (χ1v) is 9.34. The summed E-state index contributed by atoms with van der Waals surface area (Å²) in [5.41, 5.74) is -4.48. The number of hydrogen-bond donors (Lipinski definition) is 1. The lowest BCUT2D eigenvalue weighted by molar-refractivity contribution is -0.144. The predicted molar refractivity (Wildman–Crippen MR) is 101 cm³/mol. The zero-order valence-corrected chi connectivity index (χ0v) is 17.7. The van der Waals surface area contributed by atoms with Crippen LogP contribution in [-0.2, 0) is 25.2 Å². The average molecular weight is 468 g/mol. The molecule has 1 aromatic carbocycles. The van der Waals surface area contributed by atoms with Gasteiger partial charge >= 0.3 is 18.1 Å². The summed E-state index contributed by atoms with van der Waals surface area (Å²) in [5.74, 6) is -5.75. The molecule has 1 aromatic rings. The number of halogens is 6. The molecule has 1 unspecified atom stereocenters. The van der Waals surface area contributed by atoms with E-state index in [4.69, 9.17) is 16.3 Å². The van der Waals surface area contributed by atoms with E-state index in [0.29, 0.717) is 12.1 Å². The molecule has 0 aliphatic carbocycles. The van der Waals surface area contributed by atoms with Gasteiger partial charge in [0.15, 0.2) is 0 Å². The normalized spacial score (nSPS) is 17.1. The lowest BCUT2D eigenvalue weighted by atomic mass is 9.78. The molecule has 31 heavy (non-hydrogen) atoms. The Bertz CT molecular complexity index is 969. The molecule has 0 saturated carbocycles. The highest BCUT2D eigenvalue weighted by molar-refractivity contribution is 6.31. The summed E-state index contributed by atoms with van der Waals surface area (Å²) in [5, 5.41) is 1.61. The van der Waals surface area contributed by atoms with Gasteiger partial charge in [-0.3, -0.25) is 0 Å². The van der Waals surface area contributed by atoms with Crippen LogP contribution in [0.15, 0.2) is 34.7 Å². The number of ether oxygens (including phenoxy) is 2. The molecule has 0 saturated heterocycles. The number of allylic oxidation sites excluding steroid dienone is 2. The van der Waals surface area contributed by atoms with Crippen molar-refractivity contribution in [1.29, 1.82) is 0 Å². The number of rotatable bonds is 5. The van der Waals surface area contributed by atoms with Gasteiger partial charge in [-0.25, -0.2) is 18.4 Å². The van der Waals surface area contributed by atoms with Crippen molar-refractivity contribution in [1.82, 2.24) is 5.32 Å². The van der Waals surface area contributed by atoms with E-state index in [9.17, 15) is 31.5 Å². The van der Waals surface area contributed by atoms with E-state index in [1.807, 2.05) is 0 Å². The first-order valence-electron chi connectivity index (χ1n) is 8.96. The maximum absolute atomic E-state index is 14.9. The van der Waals surface area contributed by atoms with Crippen molar-refractivity contribution in [3.63, 3.8) is 0 Å². The Morgan fingerprint density at radius 1 is 1.19 bits per heavy atom. The molecule has 170 valence electrons. The minimum absolute atomic E-state index is 0.108. The van der Waals surface area contributed by atoms with Crippen LogP contribution in [0.4, 0.5) is 22.0 Å². The Morgan fingerprint density at radius 2 is 1.81 bits per heavy atom. The topological polar surface area (TPSA) is 64.6 Å². The van der Waals surface area contributed by atoms with Gasteiger partial charge in [0.1, 0.15) is 12.5 Å². The molecular weight excluding hydrogens is 449 g/mol. The zero-order chi connectivity index (χ0) is 23.7. The third kappa shape index (κ3) is 4.84. The SMILES string of the molecule is COC(=O)C1=C(CF)NC(C)=C(C(=O)OC(C)C)C1c1c(F)ccc(Cl)c1C(F)(F)F. The third-order valence-electron chi connectivity index (χ3n) is 4.46. The van der Waals surface area contributed by atoms with Crippen LogP contribution in [0, 0.1) is 5.82 Å². The van der Waals surface area contributed by atoms with Gasteiger partial charge in [0.25, 0.3) is 0 Å². The number of methoxy groups -OCH3 is 1. The van der Waals surface area contributed by atoms with Crippen molar-refractivity contribution in [2.24, 2.45) is 0 Å². The van der Waals surface area contributed by atoms with Gasteiger partial charge in [0.05, 0.1) is 46.6 Å². The fourth-order valence-corrected chi connectivity index (χ4v) is 3.60. The van der Waals surface area contributed by atoms with E-state index in [0.717, 1.165) is 7.11 Å². The molecule has 1 aliphatic rings. The lowest BCUT2D eigenvalue weighted by Crippen LogP contribution is -2.35. The Morgan fingerprint density at radius 3 is 2.29 bits per heavy atom. The Balaban J connectivity index is 2.98. The summed E-state index contributed by atoms with van der Waals surface area (Å²) in [4.78, 5) is 25.3. The number of alkyl halides is 4. The Labute approximate surface area is 179 Å². The van der Waals surface area contributed by atoms with Crippen LogP contribution in [0.3, 0.4) is 0 Å². The largest absolute Gasteiger partial charge is 0.466 e. The maximum Gasteiger partial charge on any atom is 0.418 e. The fraction of sp³-hybridized carbons (Fsp3) is 0.400. The highest BCUT2D eigenvalue weighted by atomic mass is 35.5. The summed E-state index contributed by atoms with van der Waals surface area (Å²) >= 11 is 5.74. The minimum atomic E-state index is -5.16. The highest BCUT2D eigenvalue weighted by Crippen LogP contribution is 2.47. The van der Waals surface area contributed by atoms with E-state index < -0.39 is 75.6 Å². The second kappa shape index (κ2) is 9.25. The van der Waals surface area contributed by atoms with Crippen molar-refractivity contribution >= 4 is 23.5 Å². The van der Waals surface area contributed by atoms with Crippen molar-refractivity contribution in [2.45, 2.75) is 39.0 Å². The number of esters is 2. The fourth-order valence-electron chi connectivity index (χ4n) is 3.33. The summed E-state index contributed by atoms with van der Waals surface area (Å²) < 4.78 is 79.9. The number of hydrogen-bond acceptors (Lipinski definition) is 5. The van der Waals surface area contributed by atoms with Gasteiger partial charge in [-0.15, -0.1) is 0 Å². The Hall–Kier alpha value is -2.62. The van der Waals surface area contributed by atoms with Gasteiger partial charge in [0.2, 0.25) is 0 Å². The van der Waals surface area contributed by atoms with Crippen molar-refractivity contribution in [3.8, 4) is 0 Å². The molecule has 1 heterocycles. The van der Waals surface area contributed by atoms with Crippen LogP contribution in [-0.4, -0.2) is 31.8 Å². The number of carbonyl (C=O) groups excluding carboxylic acids is 2. The average Bonchev–Trinajstić information content (AvgIpc) is 2.66. The van der Waals surface area contributed by atoms with E-state index in [2.05, 4.69) is 10.1 Å². The standard InChI is InChI=1S/C20H19ClF5NO4/c1-8(2)31-19(29)13-9(3)27-12(7-22)15(18(28)30-4)16(13)14-11(23)6-5-10(21)17(14)20(24,25)26/h5-6,8,16,27H,7H2,1-4H3. The summed E-state index contributed by atoms with van der Waals surface area (Å²) in [6.45, 7) is 2.92. The van der Waals surface area contributed by atoms with Crippen LogP contribution in [0.2, 0.25) is 5.02 Å². The predicted octanol–water partition coefficient (Wildman–Crippen LogP) is 4.81. The van der Waals surface area contributed by atoms with Crippen LogP contribution in [0.25, 0.3) is 0 Å². The second-order valence-corrected chi connectivity index (χ2v) is 7.29. The van der Waals surface area contributed by atoms with E-state index in [-0.39, 0.29) is 5.70 Å². The van der Waals surface area contributed by atoms with Crippen LogP contribution < -0.4 is 5.32 Å². The molecular formula is C20H19ClF5NO4. The molecule has 1 aliphatic heterocycles. The van der Waals surface area contributed by atoms with Crippen molar-refractivity contribution in [2.75, 3.05) is 13.8 Å². The molecule has 0 aromatic heterocycles. The molecule has 2 rings (SSSR count). The number of dihydropyridines is 1. The minimum Gasteiger partial charge on any atom is -0.466 e. The van der Waals surface area contributed by atoms with Crippen LogP contribution in [0.5, 0.6) is 0 Å². The lowest BCUT2D eigenvalue weighted by Gasteiger charge is -2.32. The smallest absolute Gasteiger partial charge is 0.418 e. The third-order valence-corrected chi connectivity index (χ3v) is 4.78. The molecule has 0 fully saturated rings. The van der Waals surface area contributed by atoms with Gasteiger partial charge in [-0.2, -0.15) is 13.2 Å². The molecule has 0 bridgehead atoms. The van der Waals surface area contributed by atoms with Gasteiger partial charge in [-0.05, 0) is 32.9 Å². The van der Waals surface area contributed by atoms with Gasteiger partial charge < -0.3 is 14.8 Å². The maximum atomic E-state index is 14.9. The second-order valence-electron chi connectivity index (χ2n) is 6.88. The molecule has 1 atom stereocenters. The monoisotopic (exact) mass is 467 g/mol. The van der Waals surface area contributed by atoms with Crippen LogP contribution >= 0.6 is 11.6 Å². The van der Waals surface area contributed by atoms with Crippen molar-refractivity contribution in [3.05, 3.63) is 56.6 Å². The quantitative estimate of drug-likeness (QED) is 0.497. The summed E-state index contributed by atoms with van der Waals surface area (Å²) in [6.07, 6.45) is -5.84. The van der Waals surface area contributed by atoms with E-state index in [1.165, 1.54) is 20.8 Å². The van der Waals surface area contributed by atoms with Crippen molar-refractivity contribution < 1.29 is 41.0 Å². The summed E-state index contributed by atoms with van der Waals surface area (Å²) in [6, 6.07) is 1.37. The number of nitrogens with one attached hydrogen (secondary N) is 1. The van der Waals surface area contributed by atoms with E-state index in [1.54, 1.807) is 0 Å². The first-order chi connectivity index (χ1) is 14.3. The highest BCUT2D eigenvalue weighted by Gasteiger charge is 2.46. The molecule has 0 radical (unpaired) electrons. The van der Waals surface area contributed by atoms with Gasteiger partial charge in [-0.1, -0.05) is 11.6 Å². The van der Waals surface area contributed by atoms with E-state index >= 15 is 0 Å². The van der Waals surface area contributed by atoms with Crippen LogP contribution in [0.1, 0.15) is 37.8 Å². The first kappa shape index (κ1) is 24.6. The number of benzene rings is 1. The zero-order valence-electron chi connectivity index (χ0n) is 16.9. The Kier molecular flexibility index (Phi) is 7.36. The molecule has 1 N–H and O–H groups in total. The molecule has 0 amide bonds. The number of carbonyl (C=O) groups is 2. The molecule has 5 nitrogen and oxygen atoms in total. The van der Waals surface area contributed by atoms with Gasteiger partial charge in [0, 0.05) is 11.3 Å². The molecule has 11 heteroatoms.